The smallest absolute Gasteiger partial charge is 0.124 e. The number of aromatic nitrogens is 5. The molecule has 0 amide bonds. The van der Waals surface area contributed by atoms with Crippen LogP contribution in [-0.4, -0.2) is 24.5 Å². The minimum atomic E-state index is 0.607. The molecule has 0 fully saturated rings. The minimum Gasteiger partial charge on any atom is -0.330 e. The summed E-state index contributed by atoms with van der Waals surface area (Å²) in [6.45, 7) is 11.2. The average molecular weight is 997 g/mol. The van der Waals surface area contributed by atoms with Crippen LogP contribution in [0.4, 0.5) is 0 Å². The molecule has 2 unspecified atom stereocenters. The van der Waals surface area contributed by atoms with Gasteiger partial charge in [-0.1, -0.05) is 271 Å². The minimum absolute atomic E-state index is 0.607. The molecule has 0 aliphatic heterocycles. The highest BCUT2D eigenvalue weighted by Gasteiger charge is 2.27. The van der Waals surface area contributed by atoms with Crippen LogP contribution in [0.5, 0.6) is 0 Å². The monoisotopic (exact) mass is 996 g/mol. The lowest BCUT2D eigenvalue weighted by Gasteiger charge is -2.19. The van der Waals surface area contributed by atoms with Gasteiger partial charge in [0, 0.05) is 27.4 Å². The van der Waals surface area contributed by atoms with Crippen molar-refractivity contribution in [2.24, 2.45) is 11.8 Å². The summed E-state index contributed by atoms with van der Waals surface area (Å²) >= 11 is 3.67. The Balaban J connectivity index is 1.37. The van der Waals surface area contributed by atoms with Gasteiger partial charge < -0.3 is 4.57 Å². The van der Waals surface area contributed by atoms with Gasteiger partial charge in [0.1, 0.15) is 16.6 Å². The molecule has 0 saturated heterocycles. The third-order valence-electron chi connectivity index (χ3n) is 15.7. The fourth-order valence-electron chi connectivity index (χ4n) is 11.4. The van der Waals surface area contributed by atoms with E-state index < -0.39 is 0 Å². The highest BCUT2D eigenvalue weighted by Crippen LogP contribution is 2.45. The summed E-state index contributed by atoms with van der Waals surface area (Å²) < 4.78 is 2.57. The van der Waals surface area contributed by atoms with Gasteiger partial charge in [-0.2, -0.15) is 15.0 Å². The lowest BCUT2D eigenvalue weighted by molar-refractivity contribution is 0.326. The van der Waals surface area contributed by atoms with Crippen molar-refractivity contribution in [3.63, 3.8) is 0 Å². The van der Waals surface area contributed by atoms with E-state index in [1.807, 2.05) is 22.7 Å². The number of rotatable bonds is 46. The second kappa shape index (κ2) is 37.3. The maximum absolute atomic E-state index is 5.59. The van der Waals surface area contributed by atoms with Crippen LogP contribution in [0.2, 0.25) is 0 Å². The van der Waals surface area contributed by atoms with E-state index in [-0.39, 0.29) is 0 Å². The van der Waals surface area contributed by atoms with Crippen molar-refractivity contribution in [1.29, 1.82) is 0 Å². The number of hydrogen-bond acceptors (Lipinski definition) is 5. The molecule has 4 heterocycles. The predicted molar refractivity (Wildman–Crippen MR) is 312 cm³/mol. The number of benzene rings is 1. The molecule has 70 heavy (non-hydrogen) atoms. The van der Waals surface area contributed by atoms with Crippen molar-refractivity contribution < 1.29 is 0 Å². The first-order valence-electron chi connectivity index (χ1n) is 30.5. The van der Waals surface area contributed by atoms with Crippen molar-refractivity contribution in [3.8, 4) is 20.9 Å². The Kier molecular flexibility index (Phi) is 31.1. The Morgan fingerprint density at radius 3 is 1.07 bits per heavy atom. The van der Waals surface area contributed by atoms with Gasteiger partial charge in [-0.25, -0.2) is 4.98 Å². The van der Waals surface area contributed by atoms with Crippen molar-refractivity contribution in [3.05, 3.63) is 41.4 Å². The fourth-order valence-corrected chi connectivity index (χ4v) is 12.9. The summed E-state index contributed by atoms with van der Waals surface area (Å²) in [5.74, 6) is 1.26. The molecule has 2 atom stereocenters. The van der Waals surface area contributed by atoms with Crippen LogP contribution in [0.1, 0.15) is 285 Å². The molecule has 5 nitrogen and oxygen atoms in total. The molecular formula is C63H105N5S2. The molecular weight excluding hydrogens is 891 g/mol. The molecule has 394 valence electrons. The van der Waals surface area contributed by atoms with Gasteiger partial charge >= 0.3 is 0 Å². The molecule has 0 spiro atoms. The van der Waals surface area contributed by atoms with E-state index in [1.165, 1.54) is 283 Å². The van der Waals surface area contributed by atoms with Crippen LogP contribution in [-0.2, 0) is 13.1 Å². The number of thiophene rings is 2. The van der Waals surface area contributed by atoms with E-state index in [0.717, 1.165) is 29.6 Å². The zero-order valence-electron chi connectivity index (χ0n) is 45.9. The van der Waals surface area contributed by atoms with Crippen LogP contribution in [0.15, 0.2) is 41.4 Å². The van der Waals surface area contributed by atoms with E-state index in [2.05, 4.69) is 78.4 Å². The van der Waals surface area contributed by atoms with Crippen molar-refractivity contribution in [2.45, 2.75) is 298 Å². The maximum atomic E-state index is 5.59. The number of imidazole rings is 1. The lowest BCUT2D eigenvalue weighted by atomic mass is 9.93. The largest absolute Gasteiger partial charge is 0.330 e. The topological polar surface area (TPSA) is 48.5 Å². The highest BCUT2D eigenvalue weighted by atomic mass is 32.1. The molecule has 4 aromatic heterocycles. The third kappa shape index (κ3) is 21.5. The first-order valence-corrected chi connectivity index (χ1v) is 32.3. The van der Waals surface area contributed by atoms with Crippen molar-refractivity contribution in [1.82, 2.24) is 24.5 Å². The SMILES string of the molecule is CCCCCCCCCCCCC(CCCCCCCCCC)Cn1nc2c(-c3cccs3)c3ncn(CC(CCCCCCCCCC)CCCCCCCCCCCC)c3c(-c3cccs3)c2n1. The molecule has 0 saturated carbocycles. The van der Waals surface area contributed by atoms with Gasteiger partial charge in [0.25, 0.3) is 0 Å². The van der Waals surface area contributed by atoms with E-state index in [1.54, 1.807) is 0 Å². The first kappa shape index (κ1) is 58.4. The fraction of sp³-hybridized carbons (Fsp3) is 0.762. The normalized spacial score (nSPS) is 12.9. The number of fused-ring (bicyclic) bond motifs is 2. The van der Waals surface area contributed by atoms with E-state index in [4.69, 9.17) is 15.2 Å². The second-order valence-electron chi connectivity index (χ2n) is 22.0. The number of hydrogen-bond donors (Lipinski definition) is 0. The summed E-state index contributed by atoms with van der Waals surface area (Å²) in [6.07, 6.45) is 57.3. The van der Waals surface area contributed by atoms with Crippen LogP contribution < -0.4 is 0 Å². The van der Waals surface area contributed by atoms with E-state index in [9.17, 15) is 0 Å². The summed E-state index contributed by atoms with van der Waals surface area (Å²) in [4.78, 5) is 10.1. The van der Waals surface area contributed by atoms with Crippen LogP contribution in [0.3, 0.4) is 0 Å². The Hall–Kier alpha value is -2.51. The zero-order chi connectivity index (χ0) is 49.1. The molecule has 5 rings (SSSR count). The van der Waals surface area contributed by atoms with Gasteiger partial charge in [0.15, 0.2) is 0 Å². The molecule has 7 heteroatoms. The molecule has 0 radical (unpaired) electrons. The molecule has 1 aromatic carbocycles. The molecule has 0 aliphatic carbocycles. The Bertz CT molecular complexity index is 1970. The van der Waals surface area contributed by atoms with Crippen LogP contribution in [0.25, 0.3) is 42.9 Å². The Labute approximate surface area is 438 Å². The number of unbranched alkanes of at least 4 members (excludes halogenated alkanes) is 32. The molecule has 0 bridgehead atoms. The summed E-state index contributed by atoms with van der Waals surface area (Å²) in [7, 11) is 0. The second-order valence-corrected chi connectivity index (χ2v) is 23.8. The zero-order valence-corrected chi connectivity index (χ0v) is 47.6. The van der Waals surface area contributed by atoms with Crippen LogP contribution >= 0.6 is 22.7 Å². The quantitative estimate of drug-likeness (QED) is 0.0365. The molecule has 5 aromatic rings. The van der Waals surface area contributed by atoms with Crippen molar-refractivity contribution >= 4 is 44.7 Å². The van der Waals surface area contributed by atoms with Crippen LogP contribution in [0, 0.1) is 11.8 Å². The maximum Gasteiger partial charge on any atom is 0.124 e. The Morgan fingerprint density at radius 2 is 0.714 bits per heavy atom. The standard InChI is InChI=1S/C63H105N5S2/c1-5-9-13-17-21-25-27-31-34-38-44-54(43-37-33-29-23-19-15-11-7-3)51-67-53-64-62-58(56-47-41-49-69-56)60-61(59(63(62)67)57-48-42-50-70-57)66-68(65-60)52-55(45-39-35-30-24-20-16-12-8-4)46-40-36-32-28-26-22-18-14-10-6-2/h41-42,47-50,53-55H,5-40,43-46,51-52H2,1-4H3. The molecule has 0 N–H and O–H groups in total. The third-order valence-corrected chi connectivity index (χ3v) is 17.5. The highest BCUT2D eigenvalue weighted by molar-refractivity contribution is 7.14. The van der Waals surface area contributed by atoms with Gasteiger partial charge in [0.05, 0.1) is 18.4 Å². The van der Waals surface area contributed by atoms with Gasteiger partial charge in [-0.3, -0.25) is 0 Å². The summed E-state index contributed by atoms with van der Waals surface area (Å²) in [5.41, 5.74) is 6.93. The summed E-state index contributed by atoms with van der Waals surface area (Å²) in [5, 5.41) is 15.6. The van der Waals surface area contributed by atoms with Gasteiger partial charge in [0.2, 0.25) is 0 Å². The van der Waals surface area contributed by atoms with Gasteiger partial charge in [-0.15, -0.1) is 22.7 Å². The van der Waals surface area contributed by atoms with Gasteiger partial charge in [-0.05, 0) is 60.4 Å². The lowest BCUT2D eigenvalue weighted by Crippen LogP contribution is -2.14. The van der Waals surface area contributed by atoms with E-state index in [0.29, 0.717) is 11.8 Å². The average Bonchev–Trinajstić information content (AvgIpc) is 4.23. The van der Waals surface area contributed by atoms with E-state index >= 15 is 0 Å². The van der Waals surface area contributed by atoms with Crippen molar-refractivity contribution in [2.75, 3.05) is 0 Å². The molecule has 0 aliphatic rings. The summed E-state index contributed by atoms with van der Waals surface area (Å²) in [6, 6.07) is 9.02. The predicted octanol–water partition coefficient (Wildman–Crippen LogP) is 22.2. The Morgan fingerprint density at radius 1 is 0.386 bits per heavy atom. The first-order chi connectivity index (χ1) is 34.7. The number of nitrogens with zero attached hydrogens (tertiary/aromatic N) is 5.